The second-order valence-electron chi connectivity index (χ2n) is 6.20. The van der Waals surface area contributed by atoms with Crippen molar-refractivity contribution < 1.29 is 39.5 Å². The third-order valence-corrected chi connectivity index (χ3v) is 3.04. The van der Waals surface area contributed by atoms with Gasteiger partial charge in [-0.2, -0.15) is 0 Å². The van der Waals surface area contributed by atoms with Crippen LogP contribution in [0.2, 0.25) is 0 Å². The number of aliphatic hydroxyl groups is 5. The molecule has 1 rings (SSSR count). The van der Waals surface area contributed by atoms with Gasteiger partial charge in [0.25, 0.3) is 0 Å². The van der Waals surface area contributed by atoms with Gasteiger partial charge in [0, 0.05) is 0 Å². The van der Waals surface area contributed by atoms with Gasteiger partial charge in [0.1, 0.15) is 37.1 Å². The molecule has 8 heteroatoms. The fourth-order valence-corrected chi connectivity index (χ4v) is 2.07. The summed E-state index contributed by atoms with van der Waals surface area (Å²) in [6.45, 7) is 0.449. The van der Waals surface area contributed by atoms with Crippen molar-refractivity contribution in [1.82, 2.24) is 0 Å². The number of aliphatic hydroxyl groups excluding tert-OH is 5. The van der Waals surface area contributed by atoms with Gasteiger partial charge >= 0.3 is 0 Å². The summed E-state index contributed by atoms with van der Waals surface area (Å²) in [6, 6.07) is 0. The largest absolute Gasteiger partial charge is 0.387 e. The van der Waals surface area contributed by atoms with E-state index in [-0.39, 0.29) is 13.2 Å². The van der Waals surface area contributed by atoms with Crippen molar-refractivity contribution in [1.29, 1.82) is 0 Å². The molecule has 120 valence electrons. The molecule has 8 nitrogen and oxygen atoms in total. The highest BCUT2D eigenvalue weighted by Crippen LogP contribution is 2.20. The number of hydrogen-bond acceptors (Lipinski definition) is 7. The van der Waals surface area contributed by atoms with Crippen LogP contribution in [0.15, 0.2) is 0 Å². The molecule has 5 N–H and O–H groups in total. The topological polar surface area (TPSA) is 120 Å². The molecule has 6 unspecified atom stereocenters. The van der Waals surface area contributed by atoms with Gasteiger partial charge in [0.15, 0.2) is 6.29 Å². The Kier molecular flexibility index (Phi) is 6.29. The van der Waals surface area contributed by atoms with Gasteiger partial charge in [0.2, 0.25) is 0 Å². The standard InChI is InChI=1S/C12H26NO7/c1-13(2,3)4-7(14)5-19-6-8-9(15)10(16)11(17)12(18)20-8/h7-12,14-18H,4-6H2,1-3H3/q+1. The lowest BCUT2D eigenvalue weighted by Crippen LogP contribution is -2.58. The summed E-state index contributed by atoms with van der Waals surface area (Å²) in [5.74, 6) is 0. The molecule has 1 saturated heterocycles. The first kappa shape index (κ1) is 17.7. The van der Waals surface area contributed by atoms with Crippen molar-refractivity contribution in [3.8, 4) is 0 Å². The van der Waals surface area contributed by atoms with E-state index in [1.807, 2.05) is 21.1 Å². The summed E-state index contributed by atoms with van der Waals surface area (Å²) in [5.41, 5.74) is 0. The first-order chi connectivity index (χ1) is 9.11. The summed E-state index contributed by atoms with van der Waals surface area (Å²) in [4.78, 5) is 0. The minimum atomic E-state index is -1.57. The maximum absolute atomic E-state index is 9.74. The molecule has 0 amide bonds. The Morgan fingerprint density at radius 2 is 1.65 bits per heavy atom. The molecule has 1 heterocycles. The van der Waals surface area contributed by atoms with Gasteiger partial charge in [-0.05, 0) is 0 Å². The maximum atomic E-state index is 9.74. The van der Waals surface area contributed by atoms with E-state index in [1.165, 1.54) is 0 Å². The highest BCUT2D eigenvalue weighted by Gasteiger charge is 2.43. The zero-order valence-corrected chi connectivity index (χ0v) is 12.1. The highest BCUT2D eigenvalue weighted by molar-refractivity contribution is 4.88. The minimum Gasteiger partial charge on any atom is -0.387 e. The molecule has 0 saturated carbocycles. The van der Waals surface area contributed by atoms with Gasteiger partial charge in [0.05, 0.1) is 34.4 Å². The van der Waals surface area contributed by atoms with Crippen molar-refractivity contribution in [3.63, 3.8) is 0 Å². The Labute approximate surface area is 118 Å². The van der Waals surface area contributed by atoms with Gasteiger partial charge in [-0.1, -0.05) is 0 Å². The Bertz CT molecular complexity index is 296. The summed E-state index contributed by atoms with van der Waals surface area (Å²) < 4.78 is 10.8. The molecule has 0 aromatic heterocycles. The van der Waals surface area contributed by atoms with E-state index in [4.69, 9.17) is 9.47 Å². The lowest BCUT2D eigenvalue weighted by Gasteiger charge is -2.38. The van der Waals surface area contributed by atoms with Crippen LogP contribution in [0.3, 0.4) is 0 Å². The van der Waals surface area contributed by atoms with Gasteiger partial charge in [-0.15, -0.1) is 0 Å². The molecule has 6 atom stereocenters. The van der Waals surface area contributed by atoms with Crippen molar-refractivity contribution in [2.24, 2.45) is 0 Å². The summed E-state index contributed by atoms with van der Waals surface area (Å²) in [6.07, 6.45) is -7.61. The molecular formula is C12H26NO7+. The summed E-state index contributed by atoms with van der Waals surface area (Å²) in [5, 5.41) is 47.6. The van der Waals surface area contributed by atoms with E-state index in [2.05, 4.69) is 0 Å². The lowest BCUT2D eigenvalue weighted by atomic mass is 9.99. The molecule has 20 heavy (non-hydrogen) atoms. The predicted octanol–water partition coefficient (Wildman–Crippen LogP) is -3.13. The maximum Gasteiger partial charge on any atom is 0.184 e. The minimum absolute atomic E-state index is 0.0524. The zero-order chi connectivity index (χ0) is 15.5. The molecule has 0 bridgehead atoms. The molecule has 0 spiro atoms. The van der Waals surface area contributed by atoms with E-state index in [9.17, 15) is 25.5 Å². The van der Waals surface area contributed by atoms with E-state index < -0.39 is 36.8 Å². The van der Waals surface area contributed by atoms with E-state index in [0.717, 1.165) is 0 Å². The average Bonchev–Trinajstić information content (AvgIpc) is 2.30. The van der Waals surface area contributed by atoms with Gasteiger partial charge < -0.3 is 39.5 Å². The molecule has 1 fully saturated rings. The zero-order valence-electron chi connectivity index (χ0n) is 12.1. The second kappa shape index (κ2) is 7.10. The molecular weight excluding hydrogens is 270 g/mol. The number of nitrogens with zero attached hydrogens (tertiary/aromatic N) is 1. The number of quaternary nitrogens is 1. The predicted molar refractivity (Wildman–Crippen MR) is 68.6 cm³/mol. The van der Waals surface area contributed by atoms with Crippen LogP contribution in [0.5, 0.6) is 0 Å². The Morgan fingerprint density at radius 1 is 1.05 bits per heavy atom. The van der Waals surface area contributed by atoms with Crippen LogP contribution in [0.1, 0.15) is 0 Å². The number of likely N-dealkylation sites (N-methyl/N-ethyl adjacent to an activating group) is 1. The quantitative estimate of drug-likeness (QED) is 0.329. The van der Waals surface area contributed by atoms with Crippen molar-refractivity contribution in [3.05, 3.63) is 0 Å². The van der Waals surface area contributed by atoms with E-state index in [1.54, 1.807) is 0 Å². The van der Waals surface area contributed by atoms with Crippen LogP contribution in [0.25, 0.3) is 0 Å². The first-order valence-corrected chi connectivity index (χ1v) is 6.56. The van der Waals surface area contributed by atoms with Crippen LogP contribution in [0.4, 0.5) is 0 Å². The monoisotopic (exact) mass is 296 g/mol. The molecule has 0 aromatic carbocycles. The first-order valence-electron chi connectivity index (χ1n) is 6.56. The molecule has 1 aliphatic heterocycles. The van der Waals surface area contributed by atoms with Crippen LogP contribution in [-0.4, -0.2) is 108 Å². The van der Waals surface area contributed by atoms with Crippen LogP contribution < -0.4 is 0 Å². The van der Waals surface area contributed by atoms with E-state index in [0.29, 0.717) is 11.0 Å². The number of ether oxygens (including phenoxy) is 2. The molecule has 0 aliphatic carbocycles. The van der Waals surface area contributed by atoms with Crippen molar-refractivity contribution in [2.45, 2.75) is 36.8 Å². The van der Waals surface area contributed by atoms with Gasteiger partial charge in [-0.3, -0.25) is 0 Å². The molecule has 0 aromatic rings. The third-order valence-electron chi connectivity index (χ3n) is 3.04. The second-order valence-corrected chi connectivity index (χ2v) is 6.20. The summed E-state index contributed by atoms with van der Waals surface area (Å²) >= 11 is 0. The number of hydrogen-bond donors (Lipinski definition) is 5. The Morgan fingerprint density at radius 3 is 2.20 bits per heavy atom. The van der Waals surface area contributed by atoms with E-state index >= 15 is 0 Å². The van der Waals surface area contributed by atoms with Crippen LogP contribution >= 0.6 is 0 Å². The molecule has 1 aliphatic rings. The fraction of sp³-hybridized carbons (Fsp3) is 1.00. The van der Waals surface area contributed by atoms with Crippen molar-refractivity contribution >= 4 is 0 Å². The average molecular weight is 296 g/mol. The smallest absolute Gasteiger partial charge is 0.184 e. The Hall–Kier alpha value is -0.320. The van der Waals surface area contributed by atoms with Crippen molar-refractivity contribution in [2.75, 3.05) is 40.9 Å². The lowest BCUT2D eigenvalue weighted by molar-refractivity contribution is -0.873. The van der Waals surface area contributed by atoms with Crippen LogP contribution in [-0.2, 0) is 9.47 Å². The summed E-state index contributed by atoms with van der Waals surface area (Å²) in [7, 11) is 5.81. The molecule has 0 radical (unpaired) electrons. The highest BCUT2D eigenvalue weighted by atomic mass is 16.6. The SMILES string of the molecule is C[N+](C)(C)CC(O)COCC1OC(O)C(O)C(O)C1O. The van der Waals surface area contributed by atoms with Gasteiger partial charge in [-0.25, -0.2) is 0 Å². The Balaban J connectivity index is 2.34. The normalized spacial score (nSPS) is 36.9. The van der Waals surface area contributed by atoms with Crippen LogP contribution in [0, 0.1) is 0 Å². The number of rotatable bonds is 6. The third kappa shape index (κ3) is 5.23. The fourth-order valence-electron chi connectivity index (χ4n) is 2.07.